The van der Waals surface area contributed by atoms with E-state index >= 15 is 0 Å². The van der Waals surface area contributed by atoms with Gasteiger partial charge in [-0.05, 0) is 38.0 Å². The van der Waals surface area contributed by atoms with Crippen LogP contribution in [0.3, 0.4) is 0 Å². The molecule has 0 saturated carbocycles. The van der Waals surface area contributed by atoms with Gasteiger partial charge in [-0.1, -0.05) is 36.8 Å². The molecular formula is C22H27N5O3. The number of esters is 1. The highest BCUT2D eigenvalue weighted by Gasteiger charge is 2.17. The van der Waals surface area contributed by atoms with E-state index < -0.39 is 0 Å². The number of methoxy groups -OCH3 is 1. The number of aromatic nitrogens is 5. The molecule has 3 rings (SSSR count). The highest BCUT2D eigenvalue weighted by Crippen LogP contribution is 2.18. The monoisotopic (exact) mass is 409 g/mol. The summed E-state index contributed by atoms with van der Waals surface area (Å²) in [5.74, 6) is 0.284. The summed E-state index contributed by atoms with van der Waals surface area (Å²) in [6.45, 7) is 4.81. The number of nitrogens with zero attached hydrogens (tertiary/aromatic N) is 5. The van der Waals surface area contributed by atoms with Gasteiger partial charge in [0, 0.05) is 35.5 Å². The third-order valence-electron chi connectivity index (χ3n) is 5.13. The lowest BCUT2D eigenvalue weighted by atomic mass is 10.1. The summed E-state index contributed by atoms with van der Waals surface area (Å²) in [6.07, 6.45) is 3.12. The summed E-state index contributed by atoms with van der Waals surface area (Å²) < 4.78 is 6.81. The number of ketones is 1. The van der Waals surface area contributed by atoms with Crippen LogP contribution < -0.4 is 0 Å². The average Bonchev–Trinajstić information content (AvgIpc) is 3.33. The van der Waals surface area contributed by atoms with E-state index in [1.54, 1.807) is 0 Å². The molecule has 0 amide bonds. The van der Waals surface area contributed by atoms with Crippen LogP contribution in [-0.4, -0.2) is 43.6 Å². The number of unbranched alkanes of at least 4 members (excludes halogenated alkanes) is 2. The number of rotatable bonds is 10. The minimum Gasteiger partial charge on any atom is -0.469 e. The molecule has 8 heteroatoms. The second kappa shape index (κ2) is 9.96. The minimum absolute atomic E-state index is 0.0444. The summed E-state index contributed by atoms with van der Waals surface area (Å²) in [4.78, 5) is 25.4. The fraction of sp³-hybridized carbons (Fsp3) is 0.409. The standard InChI is InChI=1S/C22H27N5O3/c1-16-14-19(17(2)26(16)13-9-5-8-12-21(29)30-3)20(28)15-27-24-22(23-25-27)18-10-6-4-7-11-18/h4,6-7,10-11,14H,5,8-9,12-13,15H2,1-3H3. The molecule has 0 aliphatic rings. The predicted molar refractivity (Wildman–Crippen MR) is 112 cm³/mol. The van der Waals surface area contributed by atoms with E-state index in [-0.39, 0.29) is 18.3 Å². The topological polar surface area (TPSA) is 91.9 Å². The molecule has 3 aromatic rings. The van der Waals surface area contributed by atoms with E-state index in [0.29, 0.717) is 17.8 Å². The first kappa shape index (κ1) is 21.4. The Morgan fingerprint density at radius 1 is 1.07 bits per heavy atom. The highest BCUT2D eigenvalue weighted by molar-refractivity contribution is 5.97. The van der Waals surface area contributed by atoms with E-state index in [4.69, 9.17) is 0 Å². The van der Waals surface area contributed by atoms with Gasteiger partial charge in [-0.25, -0.2) is 0 Å². The van der Waals surface area contributed by atoms with Gasteiger partial charge in [0.15, 0.2) is 5.78 Å². The minimum atomic E-state index is -0.173. The first-order chi connectivity index (χ1) is 14.5. The SMILES string of the molecule is COC(=O)CCCCCn1c(C)cc(C(=O)Cn2nnc(-c3ccccc3)n2)c1C. The van der Waals surface area contributed by atoms with Gasteiger partial charge in [0.2, 0.25) is 5.82 Å². The largest absolute Gasteiger partial charge is 0.469 e. The first-order valence-electron chi connectivity index (χ1n) is 10.1. The number of benzene rings is 1. The molecule has 0 saturated heterocycles. The van der Waals surface area contributed by atoms with Crippen LogP contribution in [0.2, 0.25) is 0 Å². The van der Waals surface area contributed by atoms with Crippen LogP contribution in [0.5, 0.6) is 0 Å². The van der Waals surface area contributed by atoms with Gasteiger partial charge >= 0.3 is 5.97 Å². The molecule has 0 unspecified atom stereocenters. The van der Waals surface area contributed by atoms with Crippen molar-refractivity contribution < 1.29 is 14.3 Å². The highest BCUT2D eigenvalue weighted by atomic mass is 16.5. The molecule has 0 radical (unpaired) electrons. The molecule has 2 aromatic heterocycles. The number of Topliss-reactive ketones (excluding diaryl/α,β-unsaturated/α-hetero) is 1. The Morgan fingerprint density at radius 3 is 2.57 bits per heavy atom. The molecular weight excluding hydrogens is 382 g/mol. The molecule has 158 valence electrons. The van der Waals surface area contributed by atoms with Gasteiger partial charge in [-0.2, -0.15) is 4.80 Å². The fourth-order valence-corrected chi connectivity index (χ4v) is 3.47. The first-order valence-corrected chi connectivity index (χ1v) is 10.1. The maximum Gasteiger partial charge on any atom is 0.305 e. The second-order valence-corrected chi connectivity index (χ2v) is 7.26. The van der Waals surface area contributed by atoms with E-state index in [1.807, 2.05) is 50.2 Å². The Bertz CT molecular complexity index is 1010. The summed E-state index contributed by atoms with van der Waals surface area (Å²) in [7, 11) is 1.41. The number of aryl methyl sites for hydroxylation is 1. The zero-order chi connectivity index (χ0) is 21.5. The Balaban J connectivity index is 1.60. The van der Waals surface area contributed by atoms with Crippen LogP contribution in [0.15, 0.2) is 36.4 Å². The van der Waals surface area contributed by atoms with Crippen molar-refractivity contribution in [1.29, 1.82) is 0 Å². The van der Waals surface area contributed by atoms with Crippen LogP contribution in [0, 0.1) is 13.8 Å². The van der Waals surface area contributed by atoms with Crippen molar-refractivity contribution in [3.05, 3.63) is 53.3 Å². The van der Waals surface area contributed by atoms with Gasteiger partial charge in [-0.3, -0.25) is 9.59 Å². The molecule has 0 N–H and O–H groups in total. The Kier molecular flexibility index (Phi) is 7.11. The van der Waals surface area contributed by atoms with E-state index in [9.17, 15) is 9.59 Å². The third kappa shape index (κ3) is 5.20. The molecule has 0 aliphatic heterocycles. The van der Waals surface area contributed by atoms with E-state index in [2.05, 4.69) is 24.7 Å². The fourth-order valence-electron chi connectivity index (χ4n) is 3.47. The number of hydrogen-bond donors (Lipinski definition) is 0. The normalized spacial score (nSPS) is 10.9. The molecule has 0 bridgehead atoms. The molecule has 0 aliphatic carbocycles. The van der Waals surface area contributed by atoms with Crippen LogP contribution in [0.25, 0.3) is 11.4 Å². The zero-order valence-electron chi connectivity index (χ0n) is 17.7. The summed E-state index contributed by atoms with van der Waals surface area (Å²) in [5, 5.41) is 12.4. The molecule has 0 spiro atoms. The smallest absolute Gasteiger partial charge is 0.305 e. The van der Waals surface area contributed by atoms with Gasteiger partial charge in [0.25, 0.3) is 0 Å². The summed E-state index contributed by atoms with van der Waals surface area (Å²) in [5.41, 5.74) is 3.52. The maximum atomic E-state index is 12.8. The Hall–Kier alpha value is -3.29. The van der Waals surface area contributed by atoms with Crippen LogP contribution in [-0.2, 0) is 22.6 Å². The van der Waals surface area contributed by atoms with Crippen LogP contribution in [0.1, 0.15) is 47.4 Å². The average molecular weight is 409 g/mol. The summed E-state index contributed by atoms with van der Waals surface area (Å²) in [6, 6.07) is 11.5. The lowest BCUT2D eigenvalue weighted by Gasteiger charge is -2.09. The number of ether oxygens (including phenoxy) is 1. The van der Waals surface area contributed by atoms with Crippen molar-refractivity contribution in [3.63, 3.8) is 0 Å². The van der Waals surface area contributed by atoms with Crippen LogP contribution in [0.4, 0.5) is 0 Å². The molecule has 1 aromatic carbocycles. The predicted octanol–water partition coefficient (Wildman–Crippen LogP) is 3.37. The molecule has 30 heavy (non-hydrogen) atoms. The number of tetrazole rings is 1. The lowest BCUT2D eigenvalue weighted by molar-refractivity contribution is -0.140. The van der Waals surface area contributed by atoms with Crippen molar-refractivity contribution in [3.8, 4) is 11.4 Å². The van der Waals surface area contributed by atoms with E-state index in [1.165, 1.54) is 11.9 Å². The maximum absolute atomic E-state index is 12.8. The molecule has 0 fully saturated rings. The molecule has 2 heterocycles. The van der Waals surface area contributed by atoms with E-state index in [0.717, 1.165) is 42.8 Å². The lowest BCUT2D eigenvalue weighted by Crippen LogP contribution is -2.14. The number of carbonyl (C=O) groups is 2. The van der Waals surface area contributed by atoms with Crippen molar-refractivity contribution >= 4 is 11.8 Å². The number of hydrogen-bond acceptors (Lipinski definition) is 6. The van der Waals surface area contributed by atoms with Gasteiger partial charge in [-0.15, -0.1) is 10.2 Å². The van der Waals surface area contributed by atoms with Crippen molar-refractivity contribution in [1.82, 2.24) is 24.8 Å². The van der Waals surface area contributed by atoms with Crippen molar-refractivity contribution in [2.75, 3.05) is 7.11 Å². The van der Waals surface area contributed by atoms with Gasteiger partial charge < -0.3 is 9.30 Å². The van der Waals surface area contributed by atoms with Gasteiger partial charge in [0.1, 0.15) is 6.54 Å². The Labute approximate surface area is 175 Å². The van der Waals surface area contributed by atoms with Crippen LogP contribution >= 0.6 is 0 Å². The van der Waals surface area contributed by atoms with Crippen molar-refractivity contribution in [2.24, 2.45) is 0 Å². The molecule has 8 nitrogen and oxygen atoms in total. The zero-order valence-corrected chi connectivity index (χ0v) is 17.7. The van der Waals surface area contributed by atoms with Crippen molar-refractivity contribution in [2.45, 2.75) is 52.6 Å². The third-order valence-corrected chi connectivity index (χ3v) is 5.13. The second-order valence-electron chi connectivity index (χ2n) is 7.26. The van der Waals surface area contributed by atoms with Gasteiger partial charge in [0.05, 0.1) is 7.11 Å². The number of carbonyl (C=O) groups excluding carboxylic acids is 2. The quantitative estimate of drug-likeness (QED) is 0.290. The Morgan fingerprint density at radius 2 is 1.83 bits per heavy atom. The molecule has 0 atom stereocenters. The summed E-state index contributed by atoms with van der Waals surface area (Å²) >= 11 is 0.